The molecule has 2 aromatic rings. The third kappa shape index (κ3) is 3.18. The average molecular weight is 273 g/mol. The zero-order valence-corrected chi connectivity index (χ0v) is 10.8. The van der Waals surface area contributed by atoms with Crippen molar-refractivity contribution < 1.29 is 14.6 Å². The summed E-state index contributed by atoms with van der Waals surface area (Å²) in [4.78, 5) is 14.8. The summed E-state index contributed by atoms with van der Waals surface area (Å²) >= 11 is 3.90. The van der Waals surface area contributed by atoms with E-state index < -0.39 is 11.2 Å². The third-order valence-electron chi connectivity index (χ3n) is 2.51. The van der Waals surface area contributed by atoms with Gasteiger partial charge in [-0.25, -0.2) is 0 Å². The van der Waals surface area contributed by atoms with Gasteiger partial charge in [-0.2, -0.15) is 12.6 Å². The first-order valence-corrected chi connectivity index (χ1v) is 6.02. The molecule has 0 aliphatic carbocycles. The lowest BCUT2D eigenvalue weighted by Gasteiger charge is -2.09. The number of carboxylic acid groups (broad SMARTS) is 1. The monoisotopic (exact) mass is 273 g/mol. The fraction of sp³-hybridized carbons (Fsp3) is 0.143. The van der Waals surface area contributed by atoms with Crippen molar-refractivity contribution >= 4 is 29.5 Å². The molecule has 0 amide bonds. The molecule has 1 atom stereocenters. The molecular formula is C14H11NO3S. The van der Waals surface area contributed by atoms with Gasteiger partial charge in [0.1, 0.15) is 17.6 Å². The van der Waals surface area contributed by atoms with Crippen LogP contribution in [0.25, 0.3) is 10.9 Å². The number of ether oxygens (including phenoxy) is 1. The molecule has 1 unspecified atom stereocenters. The van der Waals surface area contributed by atoms with Gasteiger partial charge in [0.15, 0.2) is 0 Å². The zero-order valence-electron chi connectivity index (χ0n) is 9.91. The molecule has 0 saturated carbocycles. The van der Waals surface area contributed by atoms with E-state index in [1.165, 1.54) is 0 Å². The van der Waals surface area contributed by atoms with Crippen molar-refractivity contribution in [1.82, 2.24) is 4.98 Å². The van der Waals surface area contributed by atoms with E-state index in [1.807, 2.05) is 6.07 Å². The second-order valence-electron chi connectivity index (χ2n) is 3.89. The van der Waals surface area contributed by atoms with Crippen LogP contribution in [0.3, 0.4) is 0 Å². The van der Waals surface area contributed by atoms with E-state index in [1.54, 1.807) is 24.4 Å². The lowest BCUT2D eigenvalue weighted by Crippen LogP contribution is -2.21. The van der Waals surface area contributed by atoms with E-state index in [2.05, 4.69) is 23.5 Å². The topological polar surface area (TPSA) is 59.4 Å². The predicted octanol–water partition coefficient (Wildman–Crippen LogP) is 1.98. The van der Waals surface area contributed by atoms with Gasteiger partial charge >= 0.3 is 5.97 Å². The number of benzene rings is 1. The Hall–Kier alpha value is -2.19. The van der Waals surface area contributed by atoms with E-state index in [0.717, 1.165) is 10.9 Å². The summed E-state index contributed by atoms with van der Waals surface area (Å²) in [7, 11) is 0. The summed E-state index contributed by atoms with van der Waals surface area (Å²) in [6.45, 7) is -0.00773. The van der Waals surface area contributed by atoms with E-state index in [9.17, 15) is 4.79 Å². The van der Waals surface area contributed by atoms with Gasteiger partial charge in [-0.1, -0.05) is 5.92 Å². The minimum atomic E-state index is -1.01. The normalized spacial score (nSPS) is 11.8. The van der Waals surface area contributed by atoms with Gasteiger partial charge in [-0.15, -0.1) is 6.42 Å². The molecule has 4 nitrogen and oxygen atoms in total. The van der Waals surface area contributed by atoms with Crippen LogP contribution in [0.15, 0.2) is 30.5 Å². The predicted molar refractivity (Wildman–Crippen MR) is 75.6 cm³/mol. The lowest BCUT2D eigenvalue weighted by molar-refractivity contribution is -0.136. The van der Waals surface area contributed by atoms with Crippen LogP contribution in [-0.2, 0) is 4.79 Å². The minimum absolute atomic E-state index is 0.00773. The highest BCUT2D eigenvalue weighted by Gasteiger charge is 2.12. The van der Waals surface area contributed by atoms with Crippen molar-refractivity contribution in [3.63, 3.8) is 0 Å². The number of terminal acetylenes is 1. The number of carboxylic acids is 1. The Balaban J connectivity index is 2.21. The summed E-state index contributed by atoms with van der Waals surface area (Å²) in [5, 5.41) is 8.70. The molecule has 1 aromatic carbocycles. The van der Waals surface area contributed by atoms with Gasteiger partial charge in [0, 0.05) is 17.1 Å². The molecule has 0 fully saturated rings. The average Bonchev–Trinajstić information content (AvgIpc) is 2.43. The van der Waals surface area contributed by atoms with Gasteiger partial charge < -0.3 is 9.84 Å². The van der Waals surface area contributed by atoms with Crippen LogP contribution in [0, 0.1) is 12.3 Å². The molecule has 0 spiro atoms. The quantitative estimate of drug-likeness (QED) is 0.660. The summed E-state index contributed by atoms with van der Waals surface area (Å²) < 4.78 is 5.37. The number of fused-ring (bicyclic) bond motifs is 1. The second-order valence-corrected chi connectivity index (χ2v) is 4.51. The maximum atomic E-state index is 10.6. The van der Waals surface area contributed by atoms with Crippen LogP contribution >= 0.6 is 12.6 Å². The molecule has 0 aliphatic rings. The molecule has 0 saturated heterocycles. The standard InChI is InChI=1S/C14H11NO3S/c1-2-9-5-10-6-11(3-4-12(10)15-7-9)18-8-13(19)14(16)17/h1,3-7,13,19H,8H2,(H,16,17). The van der Waals surface area contributed by atoms with Crippen molar-refractivity contribution in [2.75, 3.05) is 6.61 Å². The van der Waals surface area contributed by atoms with Crippen LogP contribution in [0.2, 0.25) is 0 Å². The summed E-state index contributed by atoms with van der Waals surface area (Å²) in [5.74, 6) is 2.06. The van der Waals surface area contributed by atoms with Crippen LogP contribution in [-0.4, -0.2) is 27.9 Å². The van der Waals surface area contributed by atoms with Crippen molar-refractivity contribution in [1.29, 1.82) is 0 Å². The van der Waals surface area contributed by atoms with Crippen LogP contribution < -0.4 is 4.74 Å². The van der Waals surface area contributed by atoms with Crippen LogP contribution in [0.1, 0.15) is 5.56 Å². The number of aromatic nitrogens is 1. The smallest absolute Gasteiger partial charge is 0.319 e. The molecule has 2 rings (SSSR count). The molecule has 96 valence electrons. The fourth-order valence-electron chi connectivity index (χ4n) is 1.52. The highest BCUT2D eigenvalue weighted by atomic mass is 32.1. The Bertz CT molecular complexity index is 663. The van der Waals surface area contributed by atoms with Crippen molar-refractivity contribution in [3.8, 4) is 18.1 Å². The van der Waals surface area contributed by atoms with Crippen molar-refractivity contribution in [3.05, 3.63) is 36.0 Å². The Kier molecular flexibility index (Phi) is 3.93. The van der Waals surface area contributed by atoms with Gasteiger partial charge in [-0.3, -0.25) is 9.78 Å². The number of pyridine rings is 1. The molecule has 1 aromatic heterocycles. The maximum absolute atomic E-state index is 10.6. The molecule has 0 aliphatic heterocycles. The number of rotatable bonds is 4. The Labute approximate surface area is 115 Å². The van der Waals surface area contributed by atoms with E-state index in [0.29, 0.717) is 11.3 Å². The van der Waals surface area contributed by atoms with Crippen molar-refractivity contribution in [2.45, 2.75) is 5.25 Å². The van der Waals surface area contributed by atoms with Crippen LogP contribution in [0.5, 0.6) is 5.75 Å². The van der Waals surface area contributed by atoms with E-state index in [-0.39, 0.29) is 6.61 Å². The highest BCUT2D eigenvalue weighted by molar-refractivity contribution is 7.81. The second kappa shape index (κ2) is 5.63. The molecule has 5 heteroatoms. The SMILES string of the molecule is C#Cc1cnc2ccc(OCC(S)C(=O)O)cc2c1. The van der Waals surface area contributed by atoms with Crippen molar-refractivity contribution in [2.24, 2.45) is 0 Å². The first-order chi connectivity index (χ1) is 9.10. The Morgan fingerprint density at radius 2 is 2.32 bits per heavy atom. The highest BCUT2D eigenvalue weighted by Crippen LogP contribution is 2.20. The third-order valence-corrected chi connectivity index (χ3v) is 2.88. The van der Waals surface area contributed by atoms with E-state index in [4.69, 9.17) is 16.3 Å². The number of aliphatic carboxylic acids is 1. The van der Waals surface area contributed by atoms with Gasteiger partial charge in [0.05, 0.1) is 5.52 Å². The molecule has 0 radical (unpaired) electrons. The molecule has 1 N–H and O–H groups in total. The first-order valence-electron chi connectivity index (χ1n) is 5.50. The molecule has 1 heterocycles. The lowest BCUT2D eigenvalue weighted by atomic mass is 10.1. The first kappa shape index (κ1) is 13.2. The molecule has 19 heavy (non-hydrogen) atoms. The van der Waals surface area contributed by atoms with Crippen LogP contribution in [0.4, 0.5) is 0 Å². The number of thiol groups is 1. The summed E-state index contributed by atoms with van der Waals surface area (Å²) in [6, 6.07) is 7.11. The number of hydrogen-bond acceptors (Lipinski definition) is 4. The van der Waals surface area contributed by atoms with Gasteiger partial charge in [0.2, 0.25) is 0 Å². The number of nitrogens with zero attached hydrogens (tertiary/aromatic N) is 1. The Morgan fingerprint density at radius 1 is 1.53 bits per heavy atom. The maximum Gasteiger partial charge on any atom is 0.319 e. The Morgan fingerprint density at radius 3 is 3.00 bits per heavy atom. The molecule has 0 bridgehead atoms. The molecular weight excluding hydrogens is 262 g/mol. The summed E-state index contributed by atoms with van der Waals surface area (Å²) in [5.41, 5.74) is 1.48. The van der Waals surface area contributed by atoms with Gasteiger partial charge in [0.25, 0.3) is 0 Å². The number of hydrogen-bond donors (Lipinski definition) is 2. The fourth-order valence-corrected chi connectivity index (χ4v) is 1.60. The van der Waals surface area contributed by atoms with E-state index >= 15 is 0 Å². The van der Waals surface area contributed by atoms with Gasteiger partial charge in [-0.05, 0) is 24.3 Å². The largest absolute Gasteiger partial charge is 0.492 e. The summed E-state index contributed by atoms with van der Waals surface area (Å²) in [6.07, 6.45) is 6.94. The number of carbonyl (C=O) groups is 1. The minimum Gasteiger partial charge on any atom is -0.492 e. The zero-order chi connectivity index (χ0) is 13.8.